The molecule has 8 heteroatoms. The van der Waals surface area contributed by atoms with Gasteiger partial charge in [0.15, 0.2) is 5.11 Å². The smallest absolute Gasteiger partial charge is 0.256 e. The van der Waals surface area contributed by atoms with Gasteiger partial charge in [-0.3, -0.25) is 14.5 Å². The molecule has 1 aliphatic heterocycles. The highest BCUT2D eigenvalue weighted by atomic mass is 32.1. The van der Waals surface area contributed by atoms with E-state index in [2.05, 4.69) is 19.2 Å². The van der Waals surface area contributed by atoms with Gasteiger partial charge in [0.1, 0.15) is 17.5 Å². The lowest BCUT2D eigenvalue weighted by Gasteiger charge is -2.24. The third-order valence-electron chi connectivity index (χ3n) is 6.22. The Morgan fingerprint density at radius 2 is 1.54 bits per heavy atom. The molecule has 2 aromatic rings. The third-order valence-corrected chi connectivity index (χ3v) is 6.63. The minimum atomic E-state index is -0.641. The first-order valence-corrected chi connectivity index (χ1v) is 13.8. The summed E-state index contributed by atoms with van der Waals surface area (Å²) in [7, 11) is 0. The van der Waals surface area contributed by atoms with Crippen LogP contribution >= 0.6 is 12.2 Å². The van der Waals surface area contributed by atoms with E-state index in [9.17, 15) is 9.59 Å². The highest BCUT2D eigenvalue weighted by Crippen LogP contribution is 2.29. The number of hydrogen-bond donors (Lipinski definition) is 1. The molecule has 0 radical (unpaired) electrons. The molecule has 37 heavy (non-hydrogen) atoms. The van der Waals surface area contributed by atoms with Crippen molar-refractivity contribution in [2.24, 2.45) is 0 Å². The van der Waals surface area contributed by atoms with Crippen molar-refractivity contribution >= 4 is 40.5 Å². The number of hydrogen-bond acceptors (Lipinski definition) is 5. The van der Waals surface area contributed by atoms with Crippen LogP contribution in [0.25, 0.3) is 0 Å². The van der Waals surface area contributed by atoms with Crippen LogP contribution in [-0.4, -0.2) is 47.6 Å². The van der Waals surface area contributed by atoms with Gasteiger partial charge in [0.2, 0.25) is 5.91 Å². The van der Waals surface area contributed by atoms with Crippen LogP contribution in [0, 0.1) is 0 Å². The Bertz CT molecular complexity index is 1030. The van der Waals surface area contributed by atoms with Crippen LogP contribution in [-0.2, 0) is 9.59 Å². The Morgan fingerprint density at radius 1 is 0.892 bits per heavy atom. The van der Waals surface area contributed by atoms with E-state index in [4.69, 9.17) is 21.7 Å². The Morgan fingerprint density at radius 3 is 2.19 bits per heavy atom. The number of unbranched alkanes of at least 4 members (excludes halogenated alkanes) is 4. The average molecular weight is 526 g/mol. The average Bonchev–Trinajstić information content (AvgIpc) is 3.12. The predicted octanol–water partition coefficient (Wildman–Crippen LogP) is 6.18. The zero-order chi connectivity index (χ0) is 26.6. The molecule has 200 valence electrons. The Labute approximate surface area is 226 Å². The molecule has 1 fully saturated rings. The standard InChI is InChI=1S/C29H39N3O4S/c1-4-7-8-9-10-19-31-26(21-27(33)30-22-11-15-25(16-12-22)36-20-5-2)28(34)32(29(31)37)23-13-17-24(18-14-23)35-6-3/h11-18,26H,4-10,19-21H2,1-3H3,(H,30,33)/t26-/m1/s1. The van der Waals surface area contributed by atoms with E-state index in [1.165, 1.54) is 12.8 Å². The van der Waals surface area contributed by atoms with Crippen LogP contribution < -0.4 is 19.7 Å². The number of ether oxygens (including phenoxy) is 2. The summed E-state index contributed by atoms with van der Waals surface area (Å²) >= 11 is 5.77. The van der Waals surface area contributed by atoms with Gasteiger partial charge in [-0.05, 0) is 80.5 Å². The Hall–Kier alpha value is -3.13. The number of carbonyl (C=O) groups is 2. The van der Waals surface area contributed by atoms with E-state index in [1.54, 1.807) is 4.90 Å². The third kappa shape index (κ3) is 7.92. The summed E-state index contributed by atoms with van der Waals surface area (Å²) in [5, 5.41) is 3.36. The molecule has 2 aromatic carbocycles. The fourth-order valence-corrected chi connectivity index (χ4v) is 4.72. The van der Waals surface area contributed by atoms with E-state index < -0.39 is 6.04 Å². The fourth-order valence-electron chi connectivity index (χ4n) is 4.31. The molecule has 1 aliphatic rings. The van der Waals surface area contributed by atoms with Crippen molar-refractivity contribution in [3.8, 4) is 11.5 Å². The summed E-state index contributed by atoms with van der Waals surface area (Å²) in [6.45, 7) is 8.02. The lowest BCUT2D eigenvalue weighted by molar-refractivity contribution is -0.124. The summed E-state index contributed by atoms with van der Waals surface area (Å²) in [6, 6.07) is 14.0. The minimum Gasteiger partial charge on any atom is -0.494 e. The molecule has 1 saturated heterocycles. The van der Waals surface area contributed by atoms with E-state index in [0.29, 0.717) is 36.2 Å². The maximum absolute atomic E-state index is 13.6. The summed E-state index contributed by atoms with van der Waals surface area (Å²) in [5.74, 6) is 1.09. The molecule has 0 aromatic heterocycles. The Kier molecular flexibility index (Phi) is 11.2. The normalized spacial score (nSPS) is 15.3. The summed E-state index contributed by atoms with van der Waals surface area (Å²) < 4.78 is 11.1. The van der Waals surface area contributed by atoms with Gasteiger partial charge < -0.3 is 19.7 Å². The zero-order valence-electron chi connectivity index (χ0n) is 22.2. The van der Waals surface area contributed by atoms with Crippen LogP contribution in [0.1, 0.15) is 65.7 Å². The maximum Gasteiger partial charge on any atom is 0.256 e. The highest BCUT2D eigenvalue weighted by molar-refractivity contribution is 7.80. The van der Waals surface area contributed by atoms with Gasteiger partial charge in [-0.1, -0.05) is 39.5 Å². The summed E-state index contributed by atoms with van der Waals surface area (Å²) in [4.78, 5) is 30.0. The van der Waals surface area contributed by atoms with Crippen molar-refractivity contribution in [1.82, 2.24) is 4.90 Å². The van der Waals surface area contributed by atoms with Gasteiger partial charge in [-0.25, -0.2) is 0 Å². The number of thiocarbonyl (C=S) groups is 1. The number of nitrogens with one attached hydrogen (secondary N) is 1. The Balaban J connectivity index is 1.71. The van der Waals surface area contributed by atoms with E-state index >= 15 is 0 Å². The van der Waals surface area contributed by atoms with E-state index in [0.717, 1.165) is 37.2 Å². The molecule has 1 atom stereocenters. The largest absolute Gasteiger partial charge is 0.494 e. The number of anilines is 2. The van der Waals surface area contributed by atoms with Gasteiger partial charge in [0.25, 0.3) is 5.91 Å². The van der Waals surface area contributed by atoms with Crippen molar-refractivity contribution in [2.45, 2.75) is 71.8 Å². The zero-order valence-corrected chi connectivity index (χ0v) is 23.0. The van der Waals surface area contributed by atoms with Crippen molar-refractivity contribution in [3.05, 3.63) is 48.5 Å². The van der Waals surface area contributed by atoms with Crippen LogP contribution in [0.15, 0.2) is 48.5 Å². The first-order chi connectivity index (χ1) is 18.0. The molecule has 7 nitrogen and oxygen atoms in total. The van der Waals surface area contributed by atoms with Crippen molar-refractivity contribution in [3.63, 3.8) is 0 Å². The molecule has 0 spiro atoms. The first-order valence-electron chi connectivity index (χ1n) is 13.4. The van der Waals surface area contributed by atoms with Gasteiger partial charge in [-0.15, -0.1) is 0 Å². The van der Waals surface area contributed by atoms with Gasteiger partial charge in [0.05, 0.1) is 25.3 Å². The highest BCUT2D eigenvalue weighted by Gasteiger charge is 2.43. The molecular formula is C29H39N3O4S. The fraction of sp³-hybridized carbons (Fsp3) is 0.483. The predicted molar refractivity (Wildman–Crippen MR) is 152 cm³/mol. The van der Waals surface area contributed by atoms with Crippen molar-refractivity contribution < 1.29 is 19.1 Å². The molecule has 1 N–H and O–H groups in total. The summed E-state index contributed by atoms with van der Waals surface area (Å²) in [6.07, 6.45) is 6.44. The first kappa shape index (κ1) is 28.4. The molecule has 3 rings (SSSR count). The molecule has 0 saturated carbocycles. The summed E-state index contributed by atoms with van der Waals surface area (Å²) in [5.41, 5.74) is 1.34. The van der Waals surface area contributed by atoms with Crippen molar-refractivity contribution in [1.29, 1.82) is 0 Å². The van der Waals surface area contributed by atoms with Gasteiger partial charge >= 0.3 is 0 Å². The second-order valence-corrected chi connectivity index (χ2v) is 9.50. The van der Waals surface area contributed by atoms with Crippen molar-refractivity contribution in [2.75, 3.05) is 30.0 Å². The minimum absolute atomic E-state index is 0.0234. The van der Waals surface area contributed by atoms with Gasteiger partial charge in [0, 0.05) is 12.2 Å². The van der Waals surface area contributed by atoms with E-state index in [1.807, 2.05) is 60.4 Å². The van der Waals surface area contributed by atoms with Crippen LogP contribution in [0.4, 0.5) is 11.4 Å². The number of amides is 2. The monoisotopic (exact) mass is 525 g/mol. The number of carbonyl (C=O) groups excluding carboxylic acids is 2. The van der Waals surface area contributed by atoms with Crippen LogP contribution in [0.3, 0.4) is 0 Å². The quantitative estimate of drug-likeness (QED) is 0.221. The van der Waals surface area contributed by atoms with Crippen LogP contribution in [0.5, 0.6) is 11.5 Å². The molecule has 0 bridgehead atoms. The van der Waals surface area contributed by atoms with Gasteiger partial charge in [-0.2, -0.15) is 0 Å². The van der Waals surface area contributed by atoms with Crippen LogP contribution in [0.2, 0.25) is 0 Å². The lowest BCUT2D eigenvalue weighted by atomic mass is 10.1. The topological polar surface area (TPSA) is 71.1 Å². The SMILES string of the molecule is CCCCCCCN1C(=S)N(c2ccc(OCC)cc2)C(=O)[C@H]1CC(=O)Nc1ccc(OCCC)cc1. The molecule has 0 aliphatic carbocycles. The molecule has 2 amide bonds. The lowest BCUT2D eigenvalue weighted by Crippen LogP contribution is -2.38. The molecular weight excluding hydrogens is 486 g/mol. The number of rotatable bonds is 15. The molecule has 1 heterocycles. The number of nitrogens with zero attached hydrogens (tertiary/aromatic N) is 2. The number of benzene rings is 2. The second-order valence-electron chi connectivity index (χ2n) is 9.13. The second kappa shape index (κ2) is 14.6. The molecule has 0 unspecified atom stereocenters. The maximum atomic E-state index is 13.6. The van der Waals surface area contributed by atoms with E-state index in [-0.39, 0.29) is 18.2 Å².